The van der Waals surface area contributed by atoms with Gasteiger partial charge >= 0.3 is 0 Å². The Morgan fingerprint density at radius 1 is 1.33 bits per heavy atom. The molecule has 2 heterocycles. The Morgan fingerprint density at radius 3 is 2.57 bits per heavy atom. The third kappa shape index (κ3) is 5.06. The molecule has 1 fully saturated rings. The van der Waals surface area contributed by atoms with Gasteiger partial charge in [0.15, 0.2) is 0 Å². The molecule has 0 aliphatic carbocycles. The average Bonchev–Trinajstić information content (AvgIpc) is 2.49. The Bertz CT molecular complexity index is 404. The highest BCUT2D eigenvalue weighted by atomic mass is 16.3. The molecule has 2 unspecified atom stereocenters. The van der Waals surface area contributed by atoms with E-state index in [0.717, 1.165) is 25.6 Å². The van der Waals surface area contributed by atoms with Crippen molar-refractivity contribution in [3.63, 3.8) is 0 Å². The number of aliphatic hydroxyl groups excluding tert-OH is 1. The molecule has 0 saturated carbocycles. The normalized spacial score (nSPS) is 20.6. The molecule has 1 N–H and O–H groups in total. The van der Waals surface area contributed by atoms with E-state index in [1.807, 2.05) is 24.5 Å². The van der Waals surface area contributed by atoms with Crippen LogP contribution in [0.25, 0.3) is 0 Å². The predicted octanol–water partition coefficient (Wildman–Crippen LogP) is 2.17. The molecule has 21 heavy (non-hydrogen) atoms. The van der Waals surface area contributed by atoms with Gasteiger partial charge in [-0.25, -0.2) is 0 Å². The molecule has 1 saturated heterocycles. The van der Waals surface area contributed by atoms with Crippen molar-refractivity contribution in [3.05, 3.63) is 30.1 Å². The van der Waals surface area contributed by atoms with E-state index in [9.17, 15) is 5.11 Å². The van der Waals surface area contributed by atoms with Crippen LogP contribution in [-0.4, -0.2) is 59.2 Å². The van der Waals surface area contributed by atoms with Gasteiger partial charge in [0.25, 0.3) is 0 Å². The Morgan fingerprint density at radius 2 is 1.95 bits per heavy atom. The molecule has 1 aromatic rings. The molecule has 1 aliphatic heterocycles. The van der Waals surface area contributed by atoms with Crippen LogP contribution >= 0.6 is 0 Å². The quantitative estimate of drug-likeness (QED) is 0.872. The fourth-order valence-corrected chi connectivity index (χ4v) is 2.99. The Hall–Kier alpha value is -0.970. The molecule has 2 rings (SSSR count). The average molecular weight is 291 g/mol. The Balaban J connectivity index is 1.78. The maximum atomic E-state index is 10.3. The fraction of sp³-hybridized carbons (Fsp3) is 0.706. The van der Waals surface area contributed by atoms with Crippen LogP contribution in [0.1, 0.15) is 38.3 Å². The van der Waals surface area contributed by atoms with Crippen LogP contribution in [0.5, 0.6) is 0 Å². The molecule has 0 aromatic carbocycles. The number of aromatic nitrogens is 1. The van der Waals surface area contributed by atoms with Gasteiger partial charge in [-0.05, 0) is 63.5 Å². The highest BCUT2D eigenvalue weighted by molar-refractivity contribution is 5.14. The van der Waals surface area contributed by atoms with Crippen molar-refractivity contribution in [1.82, 2.24) is 14.8 Å². The van der Waals surface area contributed by atoms with Crippen LogP contribution in [0.4, 0.5) is 0 Å². The van der Waals surface area contributed by atoms with E-state index < -0.39 is 0 Å². The minimum Gasteiger partial charge on any atom is -0.390 e. The van der Waals surface area contributed by atoms with Gasteiger partial charge in [0, 0.05) is 31.5 Å². The van der Waals surface area contributed by atoms with E-state index in [4.69, 9.17) is 0 Å². The first-order valence-electron chi connectivity index (χ1n) is 8.07. The number of hydrogen-bond donors (Lipinski definition) is 1. The van der Waals surface area contributed by atoms with Crippen molar-refractivity contribution in [2.75, 3.05) is 33.2 Å². The zero-order valence-electron chi connectivity index (χ0n) is 13.6. The van der Waals surface area contributed by atoms with Gasteiger partial charge in [-0.3, -0.25) is 9.88 Å². The molecule has 1 aromatic heterocycles. The SMILES string of the molecule is CC1CCN(CC(O)CN(C)C(C)c2ccncc2)CC1. The number of nitrogens with zero attached hydrogens (tertiary/aromatic N) is 3. The molecule has 0 radical (unpaired) electrons. The minimum atomic E-state index is -0.285. The second-order valence-electron chi connectivity index (χ2n) is 6.53. The van der Waals surface area contributed by atoms with Crippen LogP contribution < -0.4 is 0 Å². The van der Waals surface area contributed by atoms with Crippen molar-refractivity contribution in [1.29, 1.82) is 0 Å². The molecule has 2 atom stereocenters. The lowest BCUT2D eigenvalue weighted by molar-refractivity contribution is 0.0589. The van der Waals surface area contributed by atoms with E-state index in [0.29, 0.717) is 12.6 Å². The lowest BCUT2D eigenvalue weighted by Crippen LogP contribution is -2.42. The smallest absolute Gasteiger partial charge is 0.0793 e. The van der Waals surface area contributed by atoms with Gasteiger partial charge in [-0.1, -0.05) is 6.92 Å². The summed E-state index contributed by atoms with van der Waals surface area (Å²) in [4.78, 5) is 8.67. The first kappa shape index (κ1) is 16.4. The Labute approximate surface area is 128 Å². The molecular formula is C17H29N3O. The highest BCUT2D eigenvalue weighted by Gasteiger charge is 2.20. The molecule has 4 nitrogen and oxygen atoms in total. The first-order chi connectivity index (χ1) is 10.1. The van der Waals surface area contributed by atoms with E-state index in [2.05, 4.69) is 35.7 Å². The van der Waals surface area contributed by atoms with E-state index in [1.54, 1.807) is 0 Å². The molecule has 4 heteroatoms. The largest absolute Gasteiger partial charge is 0.390 e. The summed E-state index contributed by atoms with van der Waals surface area (Å²) >= 11 is 0. The summed E-state index contributed by atoms with van der Waals surface area (Å²) in [6.45, 7) is 8.24. The van der Waals surface area contributed by atoms with Crippen LogP contribution in [0, 0.1) is 5.92 Å². The second-order valence-corrected chi connectivity index (χ2v) is 6.53. The summed E-state index contributed by atoms with van der Waals surface area (Å²) in [5.74, 6) is 0.841. The van der Waals surface area contributed by atoms with E-state index in [1.165, 1.54) is 18.4 Å². The maximum absolute atomic E-state index is 10.3. The standard InChI is InChI=1S/C17H29N3O/c1-14-6-10-20(11-7-14)13-17(21)12-19(3)15(2)16-4-8-18-9-5-16/h4-5,8-9,14-15,17,21H,6-7,10-13H2,1-3H3. The van der Waals surface area contributed by atoms with Gasteiger partial charge in [0.1, 0.15) is 0 Å². The second kappa shape index (κ2) is 7.87. The van der Waals surface area contributed by atoms with Gasteiger partial charge in [-0.2, -0.15) is 0 Å². The lowest BCUT2D eigenvalue weighted by atomic mass is 9.99. The summed E-state index contributed by atoms with van der Waals surface area (Å²) in [7, 11) is 2.08. The first-order valence-corrected chi connectivity index (χ1v) is 8.07. The summed E-state index contributed by atoms with van der Waals surface area (Å²) in [6, 6.07) is 4.38. The zero-order valence-corrected chi connectivity index (χ0v) is 13.6. The minimum absolute atomic E-state index is 0.285. The van der Waals surface area contributed by atoms with Crippen LogP contribution in [0.3, 0.4) is 0 Å². The molecular weight excluding hydrogens is 262 g/mol. The third-order valence-electron chi connectivity index (χ3n) is 4.69. The summed E-state index contributed by atoms with van der Waals surface area (Å²) in [6.07, 6.45) is 5.88. The topological polar surface area (TPSA) is 39.6 Å². The summed E-state index contributed by atoms with van der Waals surface area (Å²) in [5, 5.41) is 10.3. The summed E-state index contributed by atoms with van der Waals surface area (Å²) < 4.78 is 0. The van der Waals surface area contributed by atoms with Gasteiger partial charge in [0.2, 0.25) is 0 Å². The van der Waals surface area contributed by atoms with Crippen LogP contribution in [0.2, 0.25) is 0 Å². The van der Waals surface area contributed by atoms with E-state index in [-0.39, 0.29) is 6.10 Å². The van der Waals surface area contributed by atoms with Crippen molar-refractivity contribution < 1.29 is 5.11 Å². The number of hydrogen-bond acceptors (Lipinski definition) is 4. The Kier molecular flexibility index (Phi) is 6.15. The molecule has 0 spiro atoms. The number of β-amino-alcohol motifs (C(OH)–C–C–N with tert-alkyl or cyclic N) is 1. The molecule has 1 aliphatic rings. The lowest BCUT2D eigenvalue weighted by Gasteiger charge is -2.33. The van der Waals surface area contributed by atoms with Crippen molar-refractivity contribution in [2.45, 2.75) is 38.8 Å². The maximum Gasteiger partial charge on any atom is 0.0793 e. The predicted molar refractivity (Wildman–Crippen MR) is 86.1 cm³/mol. The number of piperidine rings is 1. The fourth-order valence-electron chi connectivity index (χ4n) is 2.99. The van der Waals surface area contributed by atoms with Crippen LogP contribution in [-0.2, 0) is 0 Å². The molecule has 118 valence electrons. The number of likely N-dealkylation sites (tertiary alicyclic amines) is 1. The van der Waals surface area contributed by atoms with Crippen molar-refractivity contribution in [2.24, 2.45) is 5.92 Å². The monoisotopic (exact) mass is 291 g/mol. The number of rotatable bonds is 6. The molecule has 0 bridgehead atoms. The van der Waals surface area contributed by atoms with Gasteiger partial charge in [-0.15, -0.1) is 0 Å². The number of likely N-dealkylation sites (N-methyl/N-ethyl adjacent to an activating group) is 1. The van der Waals surface area contributed by atoms with E-state index >= 15 is 0 Å². The van der Waals surface area contributed by atoms with Gasteiger partial charge < -0.3 is 10.0 Å². The third-order valence-corrected chi connectivity index (χ3v) is 4.69. The van der Waals surface area contributed by atoms with Crippen molar-refractivity contribution >= 4 is 0 Å². The zero-order chi connectivity index (χ0) is 15.2. The summed E-state index contributed by atoms with van der Waals surface area (Å²) in [5.41, 5.74) is 1.24. The van der Waals surface area contributed by atoms with Gasteiger partial charge in [0.05, 0.1) is 6.10 Å². The number of aliphatic hydroxyl groups is 1. The molecule has 0 amide bonds. The van der Waals surface area contributed by atoms with Crippen molar-refractivity contribution in [3.8, 4) is 0 Å². The number of pyridine rings is 1. The highest BCUT2D eigenvalue weighted by Crippen LogP contribution is 2.19. The van der Waals surface area contributed by atoms with Crippen LogP contribution in [0.15, 0.2) is 24.5 Å².